The lowest BCUT2D eigenvalue weighted by Gasteiger charge is -2.07. The maximum atomic E-state index is 13.0. The minimum Gasteiger partial charge on any atom is -0.330 e. The summed E-state index contributed by atoms with van der Waals surface area (Å²) in [4.78, 5) is 30.9. The fourth-order valence-electron chi connectivity index (χ4n) is 3.62. The molecular weight excluding hydrogens is 470 g/mol. The Balaban J connectivity index is 1.48. The third-order valence-electron chi connectivity index (χ3n) is 5.49. The van der Waals surface area contributed by atoms with Crippen LogP contribution in [-0.4, -0.2) is 20.5 Å². The van der Waals surface area contributed by atoms with E-state index in [0.29, 0.717) is 31.6 Å². The smallest absolute Gasteiger partial charge is 0.283 e. The number of aryl methyl sites for hydroxylation is 2. The first-order valence-electron chi connectivity index (χ1n) is 10.7. The fourth-order valence-corrected chi connectivity index (χ4v) is 4.60. The van der Waals surface area contributed by atoms with Crippen LogP contribution in [0.15, 0.2) is 65.5 Å². The minimum atomic E-state index is -0.297. The van der Waals surface area contributed by atoms with E-state index in [-0.39, 0.29) is 11.5 Å². The van der Waals surface area contributed by atoms with Crippen molar-refractivity contribution in [3.8, 4) is 0 Å². The standard InChI is InChI=1S/C25H20ClN5O2S/c1-3-15-5-4-6-18(11-15)27-22(32)16-8-10-19-21(12-16)29-25-31(23(19)33)30-24(34-25)28-20-13-17(26)9-7-14(20)2/h4-13H,3H2,1-2H3,(H,27,32)(H,28,30). The fraction of sp³-hybridized carbons (Fsp3) is 0.120. The Hall–Kier alpha value is -3.75. The number of anilines is 3. The van der Waals surface area contributed by atoms with E-state index in [0.717, 1.165) is 28.9 Å². The van der Waals surface area contributed by atoms with Crippen molar-refractivity contribution in [3.05, 3.63) is 92.7 Å². The normalized spacial score (nSPS) is 11.1. The van der Waals surface area contributed by atoms with Crippen LogP contribution in [0, 0.1) is 6.92 Å². The topological polar surface area (TPSA) is 88.4 Å². The van der Waals surface area contributed by atoms with Gasteiger partial charge in [0.2, 0.25) is 10.1 Å². The van der Waals surface area contributed by atoms with E-state index < -0.39 is 0 Å². The van der Waals surface area contributed by atoms with Crippen LogP contribution in [0.5, 0.6) is 0 Å². The molecule has 0 unspecified atom stereocenters. The highest BCUT2D eigenvalue weighted by Gasteiger charge is 2.14. The van der Waals surface area contributed by atoms with Crippen LogP contribution in [0.25, 0.3) is 15.9 Å². The predicted octanol–water partition coefficient (Wildman–Crippen LogP) is 5.82. The molecule has 2 N–H and O–H groups in total. The summed E-state index contributed by atoms with van der Waals surface area (Å²) in [6.07, 6.45) is 0.881. The van der Waals surface area contributed by atoms with Crippen LogP contribution in [0.1, 0.15) is 28.4 Å². The molecule has 0 saturated heterocycles. The molecule has 0 spiro atoms. The second-order valence-electron chi connectivity index (χ2n) is 7.84. The summed E-state index contributed by atoms with van der Waals surface area (Å²) in [6, 6.07) is 18.1. The summed E-state index contributed by atoms with van der Waals surface area (Å²) >= 11 is 7.35. The number of hydrogen-bond acceptors (Lipinski definition) is 6. The molecule has 2 heterocycles. The molecule has 170 valence electrons. The Morgan fingerprint density at radius 2 is 1.97 bits per heavy atom. The van der Waals surface area contributed by atoms with Crippen LogP contribution in [0.3, 0.4) is 0 Å². The van der Waals surface area contributed by atoms with Crippen molar-refractivity contribution in [2.75, 3.05) is 10.6 Å². The van der Waals surface area contributed by atoms with Crippen LogP contribution in [0.2, 0.25) is 5.02 Å². The number of nitrogens with zero attached hydrogens (tertiary/aromatic N) is 3. The molecule has 0 saturated carbocycles. The number of rotatable bonds is 5. The van der Waals surface area contributed by atoms with Crippen molar-refractivity contribution in [1.29, 1.82) is 0 Å². The van der Waals surface area contributed by atoms with Gasteiger partial charge >= 0.3 is 0 Å². The van der Waals surface area contributed by atoms with Gasteiger partial charge in [-0.3, -0.25) is 9.59 Å². The number of aromatic nitrogens is 3. The monoisotopic (exact) mass is 489 g/mol. The second-order valence-corrected chi connectivity index (χ2v) is 9.24. The predicted molar refractivity (Wildman–Crippen MR) is 138 cm³/mol. The first-order valence-corrected chi connectivity index (χ1v) is 11.9. The number of fused-ring (bicyclic) bond motifs is 2. The van der Waals surface area contributed by atoms with Crippen molar-refractivity contribution in [1.82, 2.24) is 14.6 Å². The Kier molecular flexibility index (Phi) is 5.77. The van der Waals surface area contributed by atoms with Gasteiger partial charge in [-0.05, 0) is 66.9 Å². The molecule has 3 aromatic carbocycles. The Bertz CT molecular complexity index is 1630. The number of carbonyl (C=O) groups excluding carboxylic acids is 1. The Labute approximate surface area is 204 Å². The quantitative estimate of drug-likeness (QED) is 0.324. The molecule has 1 amide bonds. The van der Waals surface area contributed by atoms with Gasteiger partial charge in [-0.15, -0.1) is 5.10 Å². The zero-order valence-electron chi connectivity index (χ0n) is 18.4. The number of carbonyl (C=O) groups is 1. The highest BCUT2D eigenvalue weighted by molar-refractivity contribution is 7.20. The number of halogens is 1. The molecule has 0 aliphatic rings. The molecule has 5 rings (SSSR count). The third-order valence-corrected chi connectivity index (χ3v) is 6.55. The molecule has 5 aromatic rings. The largest absolute Gasteiger partial charge is 0.330 e. The number of nitrogens with one attached hydrogen (secondary N) is 2. The first kappa shape index (κ1) is 22.1. The summed E-state index contributed by atoms with van der Waals surface area (Å²) in [5.41, 5.74) is 4.22. The molecule has 0 aliphatic carbocycles. The average molecular weight is 490 g/mol. The third kappa shape index (κ3) is 4.25. The lowest BCUT2D eigenvalue weighted by atomic mass is 10.1. The van der Waals surface area contributed by atoms with Gasteiger partial charge in [0, 0.05) is 22.0 Å². The molecular formula is C25H20ClN5O2S. The second kappa shape index (κ2) is 8.89. The molecule has 0 radical (unpaired) electrons. The maximum Gasteiger partial charge on any atom is 0.283 e. The Morgan fingerprint density at radius 1 is 1.12 bits per heavy atom. The van der Waals surface area contributed by atoms with Gasteiger partial charge < -0.3 is 10.6 Å². The molecule has 2 aromatic heterocycles. The molecule has 7 nitrogen and oxygen atoms in total. The zero-order valence-corrected chi connectivity index (χ0v) is 20.0. The molecule has 0 atom stereocenters. The summed E-state index contributed by atoms with van der Waals surface area (Å²) in [5, 5.41) is 12.0. The number of amides is 1. The van der Waals surface area contributed by atoms with E-state index in [1.54, 1.807) is 24.3 Å². The highest BCUT2D eigenvalue weighted by Crippen LogP contribution is 2.27. The Morgan fingerprint density at radius 3 is 2.79 bits per heavy atom. The van der Waals surface area contributed by atoms with Crippen molar-refractivity contribution in [2.24, 2.45) is 0 Å². The van der Waals surface area contributed by atoms with Crippen LogP contribution >= 0.6 is 22.9 Å². The molecule has 0 bridgehead atoms. The van der Waals surface area contributed by atoms with Gasteiger partial charge in [-0.25, -0.2) is 4.98 Å². The van der Waals surface area contributed by atoms with E-state index >= 15 is 0 Å². The van der Waals surface area contributed by atoms with E-state index in [2.05, 4.69) is 27.6 Å². The van der Waals surface area contributed by atoms with Crippen molar-refractivity contribution in [3.63, 3.8) is 0 Å². The minimum absolute atomic E-state index is 0.264. The van der Waals surface area contributed by atoms with Crippen molar-refractivity contribution < 1.29 is 4.79 Å². The van der Waals surface area contributed by atoms with Gasteiger partial charge in [0.15, 0.2) is 0 Å². The number of hydrogen-bond donors (Lipinski definition) is 2. The molecule has 34 heavy (non-hydrogen) atoms. The van der Waals surface area contributed by atoms with Crippen LogP contribution in [0.4, 0.5) is 16.5 Å². The van der Waals surface area contributed by atoms with Gasteiger partial charge in [-0.1, -0.05) is 48.1 Å². The van der Waals surface area contributed by atoms with E-state index in [4.69, 9.17) is 11.6 Å². The van der Waals surface area contributed by atoms with Gasteiger partial charge in [0.25, 0.3) is 11.5 Å². The summed E-state index contributed by atoms with van der Waals surface area (Å²) in [5.74, 6) is -0.264. The van der Waals surface area contributed by atoms with Crippen molar-refractivity contribution >= 4 is 61.2 Å². The lowest BCUT2D eigenvalue weighted by Crippen LogP contribution is -2.16. The van der Waals surface area contributed by atoms with E-state index in [1.165, 1.54) is 15.9 Å². The van der Waals surface area contributed by atoms with Gasteiger partial charge in [0.05, 0.1) is 10.9 Å². The summed E-state index contributed by atoms with van der Waals surface area (Å²) in [7, 11) is 0. The maximum absolute atomic E-state index is 13.0. The van der Waals surface area contributed by atoms with Crippen molar-refractivity contribution in [2.45, 2.75) is 20.3 Å². The molecule has 9 heteroatoms. The van der Waals surface area contributed by atoms with Gasteiger partial charge in [-0.2, -0.15) is 4.52 Å². The molecule has 0 fully saturated rings. The first-order chi connectivity index (χ1) is 16.4. The van der Waals surface area contributed by atoms with Crippen LogP contribution < -0.4 is 16.2 Å². The summed E-state index contributed by atoms with van der Waals surface area (Å²) < 4.78 is 1.27. The van der Waals surface area contributed by atoms with Crippen LogP contribution in [-0.2, 0) is 6.42 Å². The summed E-state index contributed by atoms with van der Waals surface area (Å²) in [6.45, 7) is 4.02. The van der Waals surface area contributed by atoms with Gasteiger partial charge in [0.1, 0.15) is 0 Å². The molecule has 0 aliphatic heterocycles. The van der Waals surface area contributed by atoms with E-state index in [9.17, 15) is 9.59 Å². The van der Waals surface area contributed by atoms with E-state index in [1.807, 2.05) is 43.3 Å². The average Bonchev–Trinajstić information content (AvgIpc) is 3.24. The zero-order chi connectivity index (χ0) is 23.8. The highest BCUT2D eigenvalue weighted by atomic mass is 35.5. The SMILES string of the molecule is CCc1cccc(NC(=O)c2ccc3c(=O)n4nc(Nc5cc(Cl)ccc5C)sc4nc3c2)c1. The lowest BCUT2D eigenvalue weighted by molar-refractivity contribution is 0.102. The number of benzene rings is 3.